The summed E-state index contributed by atoms with van der Waals surface area (Å²) in [5.74, 6) is -0.218. The van der Waals surface area contributed by atoms with Gasteiger partial charge in [-0.25, -0.2) is 0 Å². The molecule has 3 aromatic rings. The molecule has 2 aromatic heterocycles. The molecule has 2 amide bonds. The number of thiophene rings is 1. The van der Waals surface area contributed by atoms with Crippen LogP contribution in [0, 0.1) is 17.2 Å². The molecule has 2 fully saturated rings. The molecule has 200 valence electrons. The minimum Gasteiger partial charge on any atom is -0.348 e. The Morgan fingerprint density at radius 2 is 1.72 bits per heavy atom. The van der Waals surface area contributed by atoms with Crippen LogP contribution >= 0.6 is 11.3 Å². The van der Waals surface area contributed by atoms with Crippen molar-refractivity contribution in [3.63, 3.8) is 0 Å². The van der Waals surface area contributed by atoms with Crippen LogP contribution in [0.1, 0.15) is 67.3 Å². The molecular weight excluding hydrogens is 510 g/mol. The highest BCUT2D eigenvalue weighted by Crippen LogP contribution is 2.25. The van der Waals surface area contributed by atoms with Crippen molar-refractivity contribution in [2.75, 3.05) is 26.2 Å². The molecule has 0 saturated carbocycles. The number of aromatic nitrogens is 1. The molecule has 4 heterocycles. The Kier molecular flexibility index (Phi) is 8.45. The van der Waals surface area contributed by atoms with Crippen molar-refractivity contribution in [1.82, 2.24) is 20.1 Å². The summed E-state index contributed by atoms with van der Waals surface area (Å²) in [6.07, 6.45) is 4.48. The van der Waals surface area contributed by atoms with Crippen molar-refractivity contribution in [1.29, 1.82) is 5.26 Å². The van der Waals surface area contributed by atoms with Gasteiger partial charge in [-0.3, -0.25) is 24.3 Å². The predicted molar refractivity (Wildman–Crippen MR) is 148 cm³/mol. The third-order valence-corrected chi connectivity index (χ3v) is 8.46. The summed E-state index contributed by atoms with van der Waals surface area (Å²) in [7, 11) is 0. The Morgan fingerprint density at radius 3 is 2.33 bits per heavy atom. The lowest BCUT2D eigenvalue weighted by Crippen LogP contribution is -2.44. The molecule has 0 aliphatic carbocycles. The van der Waals surface area contributed by atoms with Crippen LogP contribution in [0.5, 0.6) is 0 Å². The van der Waals surface area contributed by atoms with Crippen molar-refractivity contribution in [2.45, 2.75) is 38.3 Å². The predicted octanol–water partition coefficient (Wildman–Crippen LogP) is 4.14. The van der Waals surface area contributed by atoms with Gasteiger partial charge >= 0.3 is 0 Å². The second kappa shape index (κ2) is 12.3. The number of pyridine rings is 1. The fraction of sp³-hybridized carbons (Fsp3) is 0.367. The lowest BCUT2D eigenvalue weighted by atomic mass is 9.91. The molecule has 39 heavy (non-hydrogen) atoms. The zero-order valence-electron chi connectivity index (χ0n) is 21.7. The lowest BCUT2D eigenvalue weighted by molar-refractivity contribution is 0.0651. The molecule has 1 aromatic carbocycles. The summed E-state index contributed by atoms with van der Waals surface area (Å²) in [5.41, 5.74) is 2.58. The van der Waals surface area contributed by atoms with Crippen LogP contribution in [0.4, 0.5) is 0 Å². The Morgan fingerprint density at radius 1 is 0.974 bits per heavy atom. The molecule has 0 spiro atoms. The van der Waals surface area contributed by atoms with Gasteiger partial charge in [-0.05, 0) is 67.0 Å². The van der Waals surface area contributed by atoms with Crippen molar-refractivity contribution in [2.24, 2.45) is 5.92 Å². The van der Waals surface area contributed by atoms with E-state index in [0.717, 1.165) is 37.4 Å². The number of nitrogens with one attached hydrogen (secondary N) is 1. The van der Waals surface area contributed by atoms with Crippen LogP contribution in [0.15, 0.2) is 60.1 Å². The zero-order chi connectivity index (χ0) is 27.2. The van der Waals surface area contributed by atoms with Crippen molar-refractivity contribution in [3.8, 4) is 6.07 Å². The van der Waals surface area contributed by atoms with E-state index in [2.05, 4.69) is 21.3 Å². The number of ketones is 1. The van der Waals surface area contributed by atoms with Gasteiger partial charge in [-0.1, -0.05) is 18.2 Å². The number of rotatable bonds is 7. The molecule has 5 rings (SSSR count). The number of hydrogen-bond donors (Lipinski definition) is 1. The van der Waals surface area contributed by atoms with Crippen LogP contribution in [0.25, 0.3) is 0 Å². The summed E-state index contributed by atoms with van der Waals surface area (Å²) in [4.78, 5) is 47.6. The topological polar surface area (TPSA) is 106 Å². The normalized spacial score (nSPS) is 16.9. The lowest BCUT2D eigenvalue weighted by Gasteiger charge is -2.32. The second-order valence-corrected chi connectivity index (χ2v) is 11.1. The number of carbonyl (C=O) groups is 3. The molecule has 2 aliphatic rings. The summed E-state index contributed by atoms with van der Waals surface area (Å²) in [5, 5.41) is 13.9. The molecule has 1 N–H and O–H groups in total. The third-order valence-electron chi connectivity index (χ3n) is 7.57. The van der Waals surface area contributed by atoms with Gasteiger partial charge in [0.2, 0.25) is 0 Å². The van der Waals surface area contributed by atoms with Gasteiger partial charge in [0.1, 0.15) is 5.69 Å². The molecule has 2 saturated heterocycles. The maximum atomic E-state index is 13.0. The average Bonchev–Trinajstić information content (AvgIpc) is 3.53. The van der Waals surface area contributed by atoms with Crippen LogP contribution in [-0.4, -0.2) is 64.6 Å². The number of likely N-dealkylation sites (tertiary alicyclic amines) is 2. The van der Waals surface area contributed by atoms with E-state index < -0.39 is 0 Å². The standard InChI is InChI=1S/C30H31N5O3S/c31-18-21-3-5-22(6-4-21)20-34-13-11-25(12-14-34)33-29(37)26-8-7-24(19-32-26)30(38)35-15-9-23(10-16-35)28(36)27-2-1-17-39-27/h1-8,17,19,23,25H,9-16,20H2,(H,33,37). The first-order valence-electron chi connectivity index (χ1n) is 13.4. The summed E-state index contributed by atoms with van der Waals surface area (Å²) in [6, 6.07) is 16.9. The number of nitriles is 1. The van der Waals surface area contributed by atoms with Gasteiger partial charge in [0.15, 0.2) is 5.78 Å². The fourth-order valence-electron chi connectivity index (χ4n) is 5.24. The van der Waals surface area contributed by atoms with E-state index in [1.54, 1.807) is 17.0 Å². The molecule has 0 radical (unpaired) electrons. The van der Waals surface area contributed by atoms with E-state index in [-0.39, 0.29) is 29.6 Å². The summed E-state index contributed by atoms with van der Waals surface area (Å²) >= 11 is 1.46. The van der Waals surface area contributed by atoms with Crippen molar-refractivity contribution >= 4 is 28.9 Å². The van der Waals surface area contributed by atoms with Crippen molar-refractivity contribution in [3.05, 3.63) is 87.4 Å². The maximum Gasteiger partial charge on any atom is 0.270 e. The first-order chi connectivity index (χ1) is 19.0. The van der Waals surface area contributed by atoms with Gasteiger partial charge in [0.25, 0.3) is 11.8 Å². The number of Topliss-reactive ketones (excluding diaryl/α,β-unsaturated/α-hetero) is 1. The number of carbonyl (C=O) groups excluding carboxylic acids is 3. The van der Waals surface area contributed by atoms with Crippen LogP contribution in [0.3, 0.4) is 0 Å². The van der Waals surface area contributed by atoms with Gasteiger partial charge in [-0.15, -0.1) is 11.3 Å². The summed E-state index contributed by atoms with van der Waals surface area (Å²) < 4.78 is 0. The number of nitrogens with zero attached hydrogens (tertiary/aromatic N) is 4. The van der Waals surface area contributed by atoms with Crippen molar-refractivity contribution < 1.29 is 14.4 Å². The molecule has 9 heteroatoms. The Labute approximate surface area is 232 Å². The molecule has 8 nitrogen and oxygen atoms in total. The average molecular weight is 542 g/mol. The molecular formula is C30H31N5O3S. The van der Waals surface area contributed by atoms with Gasteiger partial charge < -0.3 is 10.2 Å². The Bertz CT molecular complexity index is 1330. The molecule has 0 unspecified atom stereocenters. The highest BCUT2D eigenvalue weighted by Gasteiger charge is 2.29. The van der Waals surface area contributed by atoms with Gasteiger partial charge in [0.05, 0.1) is 22.1 Å². The first-order valence-corrected chi connectivity index (χ1v) is 14.2. The molecule has 0 bridgehead atoms. The minimum atomic E-state index is -0.229. The van der Waals surface area contributed by atoms with E-state index in [9.17, 15) is 14.4 Å². The molecule has 0 atom stereocenters. The zero-order valence-corrected chi connectivity index (χ0v) is 22.5. The third kappa shape index (κ3) is 6.59. The number of amides is 2. The second-order valence-electron chi connectivity index (χ2n) is 10.2. The smallest absolute Gasteiger partial charge is 0.270 e. The quantitative estimate of drug-likeness (QED) is 0.451. The highest BCUT2D eigenvalue weighted by atomic mass is 32.1. The first kappa shape index (κ1) is 26.7. The number of piperidine rings is 2. The SMILES string of the molecule is N#Cc1ccc(CN2CCC(NC(=O)c3ccc(C(=O)N4CCC(C(=O)c5cccs5)CC4)cn3)CC2)cc1. The Balaban J connectivity index is 1.07. The van der Waals surface area contributed by atoms with Crippen LogP contribution < -0.4 is 5.32 Å². The number of benzene rings is 1. The van der Waals surface area contributed by atoms with E-state index in [1.807, 2.05) is 41.8 Å². The van der Waals surface area contributed by atoms with E-state index >= 15 is 0 Å². The van der Waals surface area contributed by atoms with E-state index in [1.165, 1.54) is 23.1 Å². The van der Waals surface area contributed by atoms with Crippen LogP contribution in [-0.2, 0) is 6.54 Å². The van der Waals surface area contributed by atoms with Gasteiger partial charge in [-0.2, -0.15) is 5.26 Å². The Hall–Kier alpha value is -3.87. The largest absolute Gasteiger partial charge is 0.348 e. The highest BCUT2D eigenvalue weighted by molar-refractivity contribution is 7.12. The maximum absolute atomic E-state index is 13.0. The van der Waals surface area contributed by atoms with E-state index in [4.69, 9.17) is 5.26 Å². The minimum absolute atomic E-state index is 0.0419. The summed E-state index contributed by atoms with van der Waals surface area (Å²) in [6.45, 7) is 3.65. The van der Waals surface area contributed by atoms with E-state index in [0.29, 0.717) is 42.8 Å². The van der Waals surface area contributed by atoms with Crippen LogP contribution in [0.2, 0.25) is 0 Å². The van der Waals surface area contributed by atoms with Gasteiger partial charge in [0, 0.05) is 50.9 Å². The fourth-order valence-corrected chi connectivity index (χ4v) is 5.98. The molecule has 2 aliphatic heterocycles. The number of hydrogen-bond acceptors (Lipinski definition) is 7. The monoisotopic (exact) mass is 541 g/mol.